The summed E-state index contributed by atoms with van der Waals surface area (Å²) >= 11 is 4.88. The molecule has 1 aromatic carbocycles. The van der Waals surface area contributed by atoms with E-state index in [4.69, 9.17) is 22.7 Å². The van der Waals surface area contributed by atoms with Crippen molar-refractivity contribution in [3.05, 3.63) is 29.6 Å². The number of hydrogen-bond donors (Lipinski definition) is 1. The van der Waals surface area contributed by atoms with Crippen LogP contribution in [-0.4, -0.2) is 36.1 Å². The lowest BCUT2D eigenvalue weighted by Gasteiger charge is -2.32. The molecule has 0 spiro atoms. The van der Waals surface area contributed by atoms with Gasteiger partial charge in [0.25, 0.3) is 0 Å². The topological polar surface area (TPSA) is 38.5 Å². The van der Waals surface area contributed by atoms with Gasteiger partial charge < -0.3 is 15.4 Å². The standard InChI is InChI=1S/C15H21FN2OS/c1-18-9-3-2-5-11(18)8-10-19-13-7-4-6-12(16)14(13)15(17)20/h4,6-7,11H,2-3,5,8-10H2,1H3,(H2,17,20). The first-order chi connectivity index (χ1) is 9.59. The van der Waals surface area contributed by atoms with Gasteiger partial charge in [0, 0.05) is 6.04 Å². The molecule has 0 bridgehead atoms. The molecule has 1 heterocycles. The lowest BCUT2D eigenvalue weighted by atomic mass is 10.0. The molecule has 1 fully saturated rings. The van der Waals surface area contributed by atoms with Gasteiger partial charge in [-0.15, -0.1) is 0 Å². The first-order valence-corrected chi connectivity index (χ1v) is 7.41. The second kappa shape index (κ2) is 6.99. The summed E-state index contributed by atoms with van der Waals surface area (Å²) in [6.45, 7) is 1.69. The lowest BCUT2D eigenvalue weighted by molar-refractivity contribution is 0.153. The molecular weight excluding hydrogens is 275 g/mol. The lowest BCUT2D eigenvalue weighted by Crippen LogP contribution is -2.37. The average molecular weight is 296 g/mol. The third-order valence-corrected chi connectivity index (χ3v) is 4.06. The van der Waals surface area contributed by atoms with Crippen molar-refractivity contribution in [3.8, 4) is 5.75 Å². The number of thiocarbonyl (C=S) groups is 1. The van der Waals surface area contributed by atoms with Crippen LogP contribution in [0.5, 0.6) is 5.75 Å². The maximum atomic E-state index is 13.7. The van der Waals surface area contributed by atoms with Crippen molar-refractivity contribution in [3.63, 3.8) is 0 Å². The Bertz CT molecular complexity index is 481. The monoisotopic (exact) mass is 296 g/mol. The molecule has 1 aromatic rings. The van der Waals surface area contributed by atoms with Crippen molar-refractivity contribution in [2.75, 3.05) is 20.2 Å². The first-order valence-electron chi connectivity index (χ1n) is 7.01. The summed E-state index contributed by atoms with van der Waals surface area (Å²) in [5.74, 6) is 0.0146. The van der Waals surface area contributed by atoms with Crippen LogP contribution in [0.25, 0.3) is 0 Å². The van der Waals surface area contributed by atoms with Crippen molar-refractivity contribution in [1.82, 2.24) is 4.90 Å². The van der Waals surface area contributed by atoms with Crippen LogP contribution in [0.4, 0.5) is 4.39 Å². The van der Waals surface area contributed by atoms with Gasteiger partial charge in [-0.2, -0.15) is 0 Å². The minimum Gasteiger partial charge on any atom is -0.493 e. The Balaban J connectivity index is 1.94. The highest BCUT2D eigenvalue weighted by atomic mass is 32.1. The maximum absolute atomic E-state index is 13.7. The minimum absolute atomic E-state index is 0.0351. The number of nitrogens with zero attached hydrogens (tertiary/aromatic N) is 1. The molecule has 1 atom stereocenters. The first kappa shape index (κ1) is 15.2. The second-order valence-corrected chi connectivity index (χ2v) is 5.68. The van der Waals surface area contributed by atoms with Crippen LogP contribution in [0.1, 0.15) is 31.2 Å². The highest BCUT2D eigenvalue weighted by molar-refractivity contribution is 7.80. The van der Waals surface area contributed by atoms with Crippen LogP contribution in [0.15, 0.2) is 18.2 Å². The zero-order chi connectivity index (χ0) is 14.5. The van der Waals surface area contributed by atoms with E-state index in [9.17, 15) is 4.39 Å². The molecule has 0 radical (unpaired) electrons. The molecule has 0 amide bonds. The summed E-state index contributed by atoms with van der Waals surface area (Å²) in [6, 6.07) is 5.21. The quantitative estimate of drug-likeness (QED) is 0.848. The van der Waals surface area contributed by atoms with E-state index in [0.717, 1.165) is 13.0 Å². The van der Waals surface area contributed by atoms with Gasteiger partial charge >= 0.3 is 0 Å². The number of rotatable bonds is 5. The zero-order valence-electron chi connectivity index (χ0n) is 11.8. The number of hydrogen-bond acceptors (Lipinski definition) is 3. The fraction of sp³-hybridized carbons (Fsp3) is 0.533. The summed E-state index contributed by atoms with van der Waals surface area (Å²) in [4.78, 5) is 2.40. The van der Waals surface area contributed by atoms with Crippen LogP contribution in [0.3, 0.4) is 0 Å². The smallest absolute Gasteiger partial charge is 0.137 e. The molecule has 1 unspecified atom stereocenters. The van der Waals surface area contributed by atoms with Gasteiger partial charge in [-0.3, -0.25) is 0 Å². The predicted molar refractivity (Wildman–Crippen MR) is 82.7 cm³/mol. The van der Waals surface area contributed by atoms with E-state index in [1.54, 1.807) is 12.1 Å². The third kappa shape index (κ3) is 3.67. The molecule has 0 aliphatic carbocycles. The van der Waals surface area contributed by atoms with Gasteiger partial charge in [0.2, 0.25) is 0 Å². The Morgan fingerprint density at radius 2 is 2.30 bits per heavy atom. The second-order valence-electron chi connectivity index (χ2n) is 5.24. The summed E-state index contributed by atoms with van der Waals surface area (Å²) in [5.41, 5.74) is 5.76. The number of nitrogens with two attached hydrogens (primary N) is 1. The third-order valence-electron chi connectivity index (χ3n) is 3.85. The van der Waals surface area contributed by atoms with Crippen molar-refractivity contribution in [2.24, 2.45) is 5.73 Å². The van der Waals surface area contributed by atoms with Crippen LogP contribution in [-0.2, 0) is 0 Å². The van der Waals surface area contributed by atoms with Crippen LogP contribution < -0.4 is 10.5 Å². The zero-order valence-corrected chi connectivity index (χ0v) is 12.6. The number of likely N-dealkylation sites (tertiary alicyclic amines) is 1. The molecule has 2 N–H and O–H groups in total. The normalized spacial score (nSPS) is 19.8. The van der Waals surface area contributed by atoms with Gasteiger partial charge in [0.15, 0.2) is 0 Å². The molecule has 3 nitrogen and oxygen atoms in total. The molecule has 1 aliphatic rings. The molecule has 110 valence electrons. The Labute approximate surface area is 124 Å². The van der Waals surface area contributed by atoms with Crippen molar-refractivity contribution in [2.45, 2.75) is 31.7 Å². The van der Waals surface area contributed by atoms with Gasteiger partial charge in [-0.1, -0.05) is 24.7 Å². The molecule has 2 rings (SSSR count). The SMILES string of the molecule is CN1CCCCC1CCOc1cccc(F)c1C(N)=S. The minimum atomic E-state index is -0.426. The number of benzene rings is 1. The van der Waals surface area contributed by atoms with Crippen LogP contribution in [0, 0.1) is 5.82 Å². The Morgan fingerprint density at radius 1 is 1.50 bits per heavy atom. The maximum Gasteiger partial charge on any atom is 0.137 e. The molecule has 0 saturated carbocycles. The summed E-state index contributed by atoms with van der Waals surface area (Å²) in [7, 11) is 2.15. The van der Waals surface area contributed by atoms with E-state index in [2.05, 4.69) is 11.9 Å². The molecule has 1 aliphatic heterocycles. The fourth-order valence-corrected chi connectivity index (χ4v) is 2.88. The molecular formula is C15H21FN2OS. The van der Waals surface area contributed by atoms with Gasteiger partial charge in [0.05, 0.1) is 12.2 Å². The van der Waals surface area contributed by atoms with E-state index in [1.165, 1.54) is 25.3 Å². The van der Waals surface area contributed by atoms with Gasteiger partial charge in [0.1, 0.15) is 16.6 Å². The van der Waals surface area contributed by atoms with E-state index < -0.39 is 5.82 Å². The molecule has 1 saturated heterocycles. The van der Waals surface area contributed by atoms with E-state index in [1.807, 2.05) is 0 Å². The largest absolute Gasteiger partial charge is 0.493 e. The highest BCUT2D eigenvalue weighted by Gasteiger charge is 2.19. The Hall–Kier alpha value is -1.20. The highest BCUT2D eigenvalue weighted by Crippen LogP contribution is 2.23. The Kier molecular flexibility index (Phi) is 5.31. The summed E-state index contributed by atoms with van der Waals surface area (Å²) in [5, 5.41) is 0. The Morgan fingerprint density at radius 3 is 3.00 bits per heavy atom. The van der Waals surface area contributed by atoms with Gasteiger partial charge in [-0.25, -0.2) is 4.39 Å². The van der Waals surface area contributed by atoms with Crippen molar-refractivity contribution in [1.29, 1.82) is 0 Å². The summed E-state index contributed by atoms with van der Waals surface area (Å²) in [6.07, 6.45) is 4.67. The van der Waals surface area contributed by atoms with Crippen LogP contribution >= 0.6 is 12.2 Å². The van der Waals surface area contributed by atoms with Crippen LogP contribution in [0.2, 0.25) is 0 Å². The predicted octanol–water partition coefficient (Wildman–Crippen LogP) is 2.71. The van der Waals surface area contributed by atoms with Gasteiger partial charge in [-0.05, 0) is 45.0 Å². The van der Waals surface area contributed by atoms with E-state index >= 15 is 0 Å². The number of ether oxygens (including phenoxy) is 1. The summed E-state index contributed by atoms with van der Waals surface area (Å²) < 4.78 is 19.4. The van der Waals surface area contributed by atoms with Crippen molar-refractivity contribution < 1.29 is 9.13 Å². The molecule has 5 heteroatoms. The molecule has 20 heavy (non-hydrogen) atoms. The fourth-order valence-electron chi connectivity index (χ4n) is 2.68. The molecule has 0 aromatic heterocycles. The average Bonchev–Trinajstić information content (AvgIpc) is 2.40. The van der Waals surface area contributed by atoms with E-state index in [0.29, 0.717) is 18.4 Å². The van der Waals surface area contributed by atoms with E-state index in [-0.39, 0.29) is 10.6 Å². The number of piperidine rings is 1. The number of halogens is 1. The van der Waals surface area contributed by atoms with Crippen molar-refractivity contribution >= 4 is 17.2 Å².